The molecule has 0 amide bonds. The molecule has 0 aliphatic rings. The van der Waals surface area contributed by atoms with Crippen LogP contribution in [0.5, 0.6) is 5.75 Å². The molecule has 1 N–H and O–H groups in total. The predicted molar refractivity (Wildman–Crippen MR) is 86.9 cm³/mol. The van der Waals surface area contributed by atoms with Gasteiger partial charge in [-0.05, 0) is 37.3 Å². The number of sulfonamides is 1. The van der Waals surface area contributed by atoms with Crippen molar-refractivity contribution in [2.24, 2.45) is 5.92 Å². The molecular formula is C14H21N3O3S2. The topological polar surface area (TPSA) is 73.2 Å². The summed E-state index contributed by atoms with van der Waals surface area (Å²) in [4.78, 5) is 0. The van der Waals surface area contributed by atoms with Crippen LogP contribution in [0.15, 0.2) is 21.7 Å². The van der Waals surface area contributed by atoms with Gasteiger partial charge in [0.2, 0.25) is 0 Å². The number of nitrogens with one attached hydrogen (secondary N) is 1. The van der Waals surface area contributed by atoms with Crippen LogP contribution in [0.3, 0.4) is 0 Å². The molecule has 1 atom stereocenters. The van der Waals surface area contributed by atoms with Gasteiger partial charge < -0.3 is 4.74 Å². The zero-order valence-corrected chi connectivity index (χ0v) is 14.8. The fraction of sp³-hybridized carbons (Fsp3) is 0.500. The number of ether oxygens (including phenoxy) is 1. The van der Waals surface area contributed by atoms with Gasteiger partial charge in [-0.25, -0.2) is 13.1 Å². The summed E-state index contributed by atoms with van der Waals surface area (Å²) in [6.07, 6.45) is 0. The summed E-state index contributed by atoms with van der Waals surface area (Å²) < 4.78 is 34.4. The molecule has 122 valence electrons. The second-order valence-corrected chi connectivity index (χ2v) is 8.22. The molecule has 0 radical (unpaired) electrons. The molecule has 2 rings (SSSR count). The van der Waals surface area contributed by atoms with E-state index in [1.807, 2.05) is 31.5 Å². The zero-order valence-electron chi connectivity index (χ0n) is 13.2. The van der Waals surface area contributed by atoms with E-state index in [0.29, 0.717) is 18.8 Å². The molecule has 0 aliphatic carbocycles. The Morgan fingerprint density at radius 3 is 2.77 bits per heavy atom. The predicted octanol–water partition coefficient (Wildman–Crippen LogP) is 2.18. The molecule has 22 heavy (non-hydrogen) atoms. The van der Waals surface area contributed by atoms with Crippen LogP contribution in [0.4, 0.5) is 0 Å². The van der Waals surface area contributed by atoms with Crippen molar-refractivity contribution in [1.82, 2.24) is 14.5 Å². The number of methoxy groups -OCH3 is 1. The molecule has 6 nitrogen and oxygen atoms in total. The van der Waals surface area contributed by atoms with Crippen molar-refractivity contribution in [3.8, 4) is 5.75 Å². The molecule has 8 heteroatoms. The third kappa shape index (κ3) is 3.88. The number of hydrogen-bond donors (Lipinski definition) is 1. The van der Waals surface area contributed by atoms with Crippen LogP contribution in [0.25, 0.3) is 0 Å². The van der Waals surface area contributed by atoms with E-state index >= 15 is 0 Å². The fourth-order valence-electron chi connectivity index (χ4n) is 2.17. The van der Waals surface area contributed by atoms with Gasteiger partial charge in [-0.2, -0.15) is 5.10 Å². The van der Waals surface area contributed by atoms with Gasteiger partial charge in [0, 0.05) is 18.8 Å². The normalized spacial score (nSPS) is 13.3. The van der Waals surface area contributed by atoms with Crippen LogP contribution >= 0.6 is 11.3 Å². The average Bonchev–Trinajstić information content (AvgIpc) is 3.04. The lowest BCUT2D eigenvalue weighted by atomic mass is 10.2. The number of hydrogen-bond acceptors (Lipinski definition) is 5. The summed E-state index contributed by atoms with van der Waals surface area (Å²) in [7, 11) is -2.07. The Labute approximate surface area is 135 Å². The van der Waals surface area contributed by atoms with Crippen molar-refractivity contribution in [1.29, 1.82) is 0 Å². The maximum atomic E-state index is 12.3. The van der Waals surface area contributed by atoms with E-state index in [9.17, 15) is 8.42 Å². The van der Waals surface area contributed by atoms with E-state index in [1.165, 1.54) is 7.11 Å². The summed E-state index contributed by atoms with van der Waals surface area (Å²) in [5.74, 6) is 0.502. The van der Waals surface area contributed by atoms with Crippen LogP contribution in [-0.4, -0.2) is 31.9 Å². The van der Waals surface area contributed by atoms with Crippen LogP contribution in [0.2, 0.25) is 0 Å². The van der Waals surface area contributed by atoms with Gasteiger partial charge in [0.15, 0.2) is 4.21 Å². The van der Waals surface area contributed by atoms with E-state index in [2.05, 4.69) is 9.82 Å². The fourth-order valence-corrected chi connectivity index (χ4v) is 4.65. The number of nitrogens with zero attached hydrogens (tertiary/aromatic N) is 2. The highest BCUT2D eigenvalue weighted by Gasteiger charge is 2.21. The molecule has 0 bridgehead atoms. The lowest BCUT2D eigenvalue weighted by Crippen LogP contribution is -2.30. The van der Waals surface area contributed by atoms with E-state index in [1.54, 1.807) is 11.4 Å². The van der Waals surface area contributed by atoms with Crippen molar-refractivity contribution >= 4 is 21.4 Å². The van der Waals surface area contributed by atoms with Gasteiger partial charge in [0.25, 0.3) is 10.0 Å². The highest BCUT2D eigenvalue weighted by molar-refractivity contribution is 7.91. The minimum atomic E-state index is -3.54. The summed E-state index contributed by atoms with van der Waals surface area (Å²) in [6.45, 7) is 6.95. The third-order valence-corrected chi connectivity index (χ3v) is 6.14. The van der Waals surface area contributed by atoms with Crippen molar-refractivity contribution in [2.45, 2.75) is 31.5 Å². The number of thiophene rings is 1. The van der Waals surface area contributed by atoms with Crippen molar-refractivity contribution in [3.63, 3.8) is 0 Å². The molecule has 2 aromatic heterocycles. The summed E-state index contributed by atoms with van der Waals surface area (Å²) in [6, 6.07) is 3.66. The summed E-state index contributed by atoms with van der Waals surface area (Å²) >= 11 is 1.15. The molecule has 0 unspecified atom stereocenters. The molecule has 0 fully saturated rings. The standard InChI is InChI=1S/C14H21N3O3S2/c1-10(9-17-12(3)7-11(2)16-17)8-15-22(18,19)14-13(20-4)5-6-21-14/h5-7,10,15H,8-9H2,1-4H3/t10-/m0/s1. The third-order valence-electron chi connectivity index (χ3n) is 3.27. The van der Waals surface area contributed by atoms with Gasteiger partial charge in [0.1, 0.15) is 5.75 Å². The maximum Gasteiger partial charge on any atom is 0.253 e. The molecular weight excluding hydrogens is 322 g/mol. The Balaban J connectivity index is 1.98. The van der Waals surface area contributed by atoms with Gasteiger partial charge in [-0.15, -0.1) is 11.3 Å². The molecule has 0 aromatic carbocycles. The van der Waals surface area contributed by atoms with Crippen LogP contribution in [0.1, 0.15) is 18.3 Å². The van der Waals surface area contributed by atoms with Crippen LogP contribution in [0, 0.1) is 19.8 Å². The first-order valence-electron chi connectivity index (χ1n) is 6.95. The average molecular weight is 343 g/mol. The van der Waals surface area contributed by atoms with E-state index < -0.39 is 10.0 Å². The lowest BCUT2D eigenvalue weighted by Gasteiger charge is -2.14. The maximum absolute atomic E-state index is 12.3. The first kappa shape index (κ1) is 17.0. The monoisotopic (exact) mass is 343 g/mol. The Hall–Kier alpha value is -1.38. The molecule has 0 saturated carbocycles. The number of aryl methyl sites for hydroxylation is 2. The van der Waals surface area contributed by atoms with Gasteiger partial charge in [0.05, 0.1) is 12.8 Å². The number of aromatic nitrogens is 2. The first-order chi connectivity index (χ1) is 10.3. The minimum Gasteiger partial charge on any atom is -0.494 e. The Morgan fingerprint density at radius 1 is 1.45 bits per heavy atom. The second-order valence-electron chi connectivity index (χ2n) is 5.34. The Kier molecular flexibility index (Phi) is 5.25. The smallest absolute Gasteiger partial charge is 0.253 e. The summed E-state index contributed by atoms with van der Waals surface area (Å²) in [5, 5.41) is 6.09. The van der Waals surface area contributed by atoms with E-state index in [-0.39, 0.29) is 10.1 Å². The highest BCUT2D eigenvalue weighted by atomic mass is 32.2. The van der Waals surface area contributed by atoms with Gasteiger partial charge in [-0.3, -0.25) is 4.68 Å². The first-order valence-corrected chi connectivity index (χ1v) is 9.32. The van der Waals surface area contributed by atoms with Gasteiger partial charge in [-0.1, -0.05) is 6.92 Å². The molecule has 0 saturated heterocycles. The minimum absolute atomic E-state index is 0.124. The SMILES string of the molecule is COc1ccsc1S(=O)(=O)NC[C@H](C)Cn1nc(C)cc1C. The van der Waals surface area contributed by atoms with Crippen molar-refractivity contribution < 1.29 is 13.2 Å². The second kappa shape index (κ2) is 6.80. The molecule has 2 heterocycles. The van der Waals surface area contributed by atoms with E-state index in [4.69, 9.17) is 4.74 Å². The van der Waals surface area contributed by atoms with Crippen molar-refractivity contribution in [3.05, 3.63) is 28.9 Å². The molecule has 2 aromatic rings. The van der Waals surface area contributed by atoms with Gasteiger partial charge >= 0.3 is 0 Å². The Bertz CT molecular complexity index is 734. The summed E-state index contributed by atoms with van der Waals surface area (Å²) in [5.41, 5.74) is 2.04. The quantitative estimate of drug-likeness (QED) is 0.836. The highest BCUT2D eigenvalue weighted by Crippen LogP contribution is 2.29. The Morgan fingerprint density at radius 2 is 2.18 bits per heavy atom. The largest absolute Gasteiger partial charge is 0.494 e. The molecule has 0 spiro atoms. The van der Waals surface area contributed by atoms with Crippen LogP contribution < -0.4 is 9.46 Å². The zero-order chi connectivity index (χ0) is 16.3. The molecule has 0 aliphatic heterocycles. The van der Waals surface area contributed by atoms with E-state index in [0.717, 1.165) is 22.7 Å². The van der Waals surface area contributed by atoms with Crippen molar-refractivity contribution in [2.75, 3.05) is 13.7 Å². The lowest BCUT2D eigenvalue weighted by molar-refractivity contribution is 0.405. The van der Waals surface area contributed by atoms with Crippen LogP contribution in [-0.2, 0) is 16.6 Å². The number of rotatable bonds is 7.